The van der Waals surface area contributed by atoms with E-state index in [1.165, 1.54) is 6.26 Å². The number of hydrogen-bond donors (Lipinski definition) is 3. The molecule has 0 saturated carbocycles. The monoisotopic (exact) mass is 435 g/mol. The number of phenolic OH excluding ortho intramolecular Hbond substituents is 1. The van der Waals surface area contributed by atoms with Gasteiger partial charge in [0, 0.05) is 30.1 Å². The quantitative estimate of drug-likeness (QED) is 0.509. The zero-order chi connectivity index (χ0) is 22.3. The van der Waals surface area contributed by atoms with Gasteiger partial charge in [-0.2, -0.15) is 0 Å². The molecule has 1 saturated heterocycles. The molecule has 8 nitrogen and oxygen atoms in total. The fourth-order valence-corrected chi connectivity index (χ4v) is 3.58. The first-order valence-corrected chi connectivity index (χ1v) is 10.5. The van der Waals surface area contributed by atoms with Crippen LogP contribution in [0.25, 0.3) is 0 Å². The second kappa shape index (κ2) is 10.0. The minimum Gasteiger partial charge on any atom is -0.508 e. The van der Waals surface area contributed by atoms with Gasteiger partial charge >= 0.3 is 6.03 Å². The lowest BCUT2D eigenvalue weighted by molar-refractivity contribution is 0.0817. The van der Waals surface area contributed by atoms with E-state index in [4.69, 9.17) is 9.15 Å². The number of aromatic hydroxyl groups is 1. The number of anilines is 2. The number of benzene rings is 2. The SMILES string of the molecule is O=C(Nc1cccc(NC(=O)N(Cc2ccccc2O)CC2CCCO2)c1)c1ccco1. The number of rotatable bonds is 7. The maximum atomic E-state index is 13.1. The number of phenols is 1. The Morgan fingerprint density at radius 3 is 2.56 bits per heavy atom. The molecule has 2 heterocycles. The van der Waals surface area contributed by atoms with Crippen LogP contribution in [0.2, 0.25) is 0 Å². The summed E-state index contributed by atoms with van der Waals surface area (Å²) in [5.74, 6) is -0.0387. The summed E-state index contributed by atoms with van der Waals surface area (Å²) in [6.45, 7) is 1.34. The van der Waals surface area contributed by atoms with Gasteiger partial charge in [-0.3, -0.25) is 4.79 Å². The topological polar surface area (TPSA) is 104 Å². The number of nitrogens with one attached hydrogen (secondary N) is 2. The molecule has 1 unspecified atom stereocenters. The fourth-order valence-electron chi connectivity index (χ4n) is 3.58. The Balaban J connectivity index is 1.46. The van der Waals surface area contributed by atoms with Gasteiger partial charge in [0.15, 0.2) is 5.76 Å². The van der Waals surface area contributed by atoms with Crippen LogP contribution >= 0.6 is 0 Å². The van der Waals surface area contributed by atoms with Crippen molar-refractivity contribution in [2.75, 3.05) is 23.8 Å². The predicted octanol–water partition coefficient (Wildman–Crippen LogP) is 4.45. The number of hydrogen-bond acceptors (Lipinski definition) is 5. The lowest BCUT2D eigenvalue weighted by Gasteiger charge is -2.26. The molecule has 1 aromatic heterocycles. The summed E-state index contributed by atoms with van der Waals surface area (Å²) in [7, 11) is 0. The number of furan rings is 1. The van der Waals surface area contributed by atoms with Crippen LogP contribution in [0.4, 0.5) is 16.2 Å². The van der Waals surface area contributed by atoms with Gasteiger partial charge in [0.2, 0.25) is 0 Å². The molecule has 0 aliphatic carbocycles. The first kappa shape index (κ1) is 21.5. The Labute approximate surface area is 185 Å². The van der Waals surface area contributed by atoms with Gasteiger partial charge < -0.3 is 29.8 Å². The van der Waals surface area contributed by atoms with Crippen LogP contribution < -0.4 is 10.6 Å². The number of carbonyl (C=O) groups is 2. The number of ether oxygens (including phenoxy) is 1. The average Bonchev–Trinajstić information content (AvgIpc) is 3.49. The Bertz CT molecular complexity index is 1060. The Morgan fingerprint density at radius 2 is 1.84 bits per heavy atom. The van der Waals surface area contributed by atoms with Crippen molar-refractivity contribution in [1.82, 2.24) is 4.90 Å². The highest BCUT2D eigenvalue weighted by Gasteiger charge is 2.24. The summed E-state index contributed by atoms with van der Waals surface area (Å²) in [4.78, 5) is 26.9. The van der Waals surface area contributed by atoms with Gasteiger partial charge in [0.05, 0.1) is 18.9 Å². The molecule has 3 amide bonds. The summed E-state index contributed by atoms with van der Waals surface area (Å²) >= 11 is 0. The van der Waals surface area contributed by atoms with Crippen molar-refractivity contribution in [3.8, 4) is 5.75 Å². The first-order valence-electron chi connectivity index (χ1n) is 10.5. The second-order valence-corrected chi connectivity index (χ2v) is 7.59. The summed E-state index contributed by atoms with van der Waals surface area (Å²) in [5, 5.41) is 15.8. The molecule has 0 radical (unpaired) electrons. The largest absolute Gasteiger partial charge is 0.508 e. The average molecular weight is 435 g/mol. The normalized spacial score (nSPS) is 15.3. The zero-order valence-electron chi connectivity index (χ0n) is 17.5. The van der Waals surface area contributed by atoms with Crippen molar-refractivity contribution >= 4 is 23.3 Å². The molecule has 8 heteroatoms. The van der Waals surface area contributed by atoms with E-state index < -0.39 is 0 Å². The Hall–Kier alpha value is -3.78. The standard InChI is InChI=1S/C24H25N3O5/c28-21-10-2-1-6-17(21)15-27(16-20-9-4-12-31-20)24(30)26-19-8-3-7-18(14-19)25-23(29)22-11-5-13-32-22/h1-3,5-8,10-11,13-14,20,28H,4,9,12,15-16H2,(H,25,29)(H,26,30). The molecule has 0 spiro atoms. The molecule has 4 rings (SSSR count). The summed E-state index contributed by atoms with van der Waals surface area (Å²) in [5.41, 5.74) is 1.71. The molecule has 3 N–H and O–H groups in total. The van der Waals surface area contributed by atoms with E-state index in [-0.39, 0.29) is 36.1 Å². The van der Waals surface area contributed by atoms with E-state index in [1.54, 1.807) is 59.5 Å². The van der Waals surface area contributed by atoms with Crippen LogP contribution in [0.5, 0.6) is 5.75 Å². The number of amides is 3. The Kier molecular flexibility index (Phi) is 6.72. The summed E-state index contributed by atoms with van der Waals surface area (Å²) < 4.78 is 10.8. The zero-order valence-corrected chi connectivity index (χ0v) is 17.5. The van der Waals surface area contributed by atoms with Crippen molar-refractivity contribution < 1.29 is 23.8 Å². The van der Waals surface area contributed by atoms with Gasteiger partial charge in [0.25, 0.3) is 5.91 Å². The molecule has 0 bridgehead atoms. The highest BCUT2D eigenvalue weighted by molar-refractivity contribution is 6.02. The molecule has 166 valence electrons. The van der Waals surface area contributed by atoms with Crippen LogP contribution in [0, 0.1) is 0 Å². The van der Waals surface area contributed by atoms with Gasteiger partial charge in [0.1, 0.15) is 5.75 Å². The van der Waals surface area contributed by atoms with Gasteiger partial charge in [-0.05, 0) is 49.2 Å². The number of urea groups is 1. The van der Waals surface area contributed by atoms with E-state index >= 15 is 0 Å². The summed E-state index contributed by atoms with van der Waals surface area (Å²) in [6.07, 6.45) is 3.25. The van der Waals surface area contributed by atoms with Crippen molar-refractivity contribution in [2.24, 2.45) is 0 Å². The smallest absolute Gasteiger partial charge is 0.322 e. The van der Waals surface area contributed by atoms with Crippen LogP contribution in [0.1, 0.15) is 29.0 Å². The van der Waals surface area contributed by atoms with E-state index in [0.717, 1.165) is 12.8 Å². The summed E-state index contributed by atoms with van der Waals surface area (Å²) in [6, 6.07) is 16.7. The lowest BCUT2D eigenvalue weighted by Crippen LogP contribution is -2.39. The number of para-hydroxylation sites is 1. The van der Waals surface area contributed by atoms with Crippen molar-refractivity contribution in [1.29, 1.82) is 0 Å². The van der Waals surface area contributed by atoms with Crippen LogP contribution in [-0.4, -0.2) is 41.2 Å². The molecule has 32 heavy (non-hydrogen) atoms. The molecular weight excluding hydrogens is 410 g/mol. The lowest BCUT2D eigenvalue weighted by atomic mass is 10.1. The third kappa shape index (κ3) is 5.47. The Morgan fingerprint density at radius 1 is 1.03 bits per heavy atom. The van der Waals surface area contributed by atoms with Crippen LogP contribution in [-0.2, 0) is 11.3 Å². The molecule has 1 aliphatic rings. The molecule has 1 fully saturated rings. The van der Waals surface area contributed by atoms with Crippen LogP contribution in [0.3, 0.4) is 0 Å². The maximum absolute atomic E-state index is 13.1. The fraction of sp³-hybridized carbons (Fsp3) is 0.250. The van der Waals surface area contributed by atoms with E-state index in [9.17, 15) is 14.7 Å². The van der Waals surface area contributed by atoms with Gasteiger partial charge in [-0.25, -0.2) is 4.79 Å². The van der Waals surface area contributed by atoms with Gasteiger partial charge in [-0.15, -0.1) is 0 Å². The highest BCUT2D eigenvalue weighted by atomic mass is 16.5. The third-order valence-corrected chi connectivity index (χ3v) is 5.20. The highest BCUT2D eigenvalue weighted by Crippen LogP contribution is 2.22. The van der Waals surface area contributed by atoms with Crippen molar-refractivity contribution in [3.05, 3.63) is 78.3 Å². The van der Waals surface area contributed by atoms with E-state index in [2.05, 4.69) is 10.6 Å². The van der Waals surface area contributed by atoms with Crippen LogP contribution in [0.15, 0.2) is 71.3 Å². The molecule has 1 aliphatic heterocycles. The first-order chi connectivity index (χ1) is 15.6. The van der Waals surface area contributed by atoms with Crippen molar-refractivity contribution in [2.45, 2.75) is 25.5 Å². The number of nitrogens with zero attached hydrogens (tertiary/aromatic N) is 1. The van der Waals surface area contributed by atoms with Gasteiger partial charge in [-0.1, -0.05) is 24.3 Å². The molecular formula is C24H25N3O5. The van der Waals surface area contributed by atoms with Crippen molar-refractivity contribution in [3.63, 3.8) is 0 Å². The minimum atomic E-state index is -0.377. The number of carbonyl (C=O) groups excluding carboxylic acids is 2. The predicted molar refractivity (Wildman–Crippen MR) is 120 cm³/mol. The molecule has 1 atom stereocenters. The molecule has 3 aromatic rings. The maximum Gasteiger partial charge on any atom is 0.322 e. The van der Waals surface area contributed by atoms with E-state index in [1.807, 2.05) is 6.07 Å². The second-order valence-electron chi connectivity index (χ2n) is 7.59. The molecule has 2 aromatic carbocycles. The van der Waals surface area contributed by atoms with E-state index in [0.29, 0.717) is 30.1 Å². The minimum absolute atomic E-state index is 0.0366. The third-order valence-electron chi connectivity index (χ3n) is 5.20.